The summed E-state index contributed by atoms with van der Waals surface area (Å²) in [6.07, 6.45) is 0. The van der Waals surface area contributed by atoms with Crippen LogP contribution >= 0.6 is 0 Å². The van der Waals surface area contributed by atoms with Crippen molar-refractivity contribution in [1.29, 1.82) is 10.5 Å². The Morgan fingerprint density at radius 1 is 0.290 bits per heavy atom. The molecule has 0 saturated heterocycles. The Hall–Kier alpha value is -8.84. The molecule has 13 rings (SSSR count). The van der Waals surface area contributed by atoms with E-state index in [4.69, 9.17) is 0 Å². The van der Waals surface area contributed by atoms with E-state index in [0.717, 1.165) is 45.2 Å². The molecule has 0 saturated carbocycles. The molecule has 0 aliphatic rings. The Balaban J connectivity index is 1.07. The molecule has 0 aliphatic heterocycles. The molecule has 0 N–H and O–H groups in total. The van der Waals surface area contributed by atoms with Gasteiger partial charge >= 0.3 is 0 Å². The summed E-state index contributed by atoms with van der Waals surface area (Å²) < 4.78 is 4.93. The zero-order valence-corrected chi connectivity index (χ0v) is 33.2. The molecule has 4 heterocycles. The Morgan fingerprint density at radius 3 is 1.06 bits per heavy atom. The summed E-state index contributed by atoms with van der Waals surface area (Å²) >= 11 is 0. The SMILES string of the molecule is N#Cc1cccc(N(c2ccccc2)c2ccc3c4cccc5c6cc7c(cc6n(c3c2)c45)c2cccc3c4ccc(N(c5ccccc5)c5cccc(C#N)c5)cc4n7c32)c1. The highest BCUT2D eigenvalue weighted by Crippen LogP contribution is 2.47. The van der Waals surface area contributed by atoms with Crippen molar-refractivity contribution >= 4 is 110 Å². The van der Waals surface area contributed by atoms with E-state index in [2.05, 4.69) is 176 Å². The van der Waals surface area contributed by atoms with Crippen molar-refractivity contribution in [2.24, 2.45) is 0 Å². The van der Waals surface area contributed by atoms with E-state index in [1.165, 1.54) is 65.2 Å². The number of nitrogens with zero attached hydrogens (tertiary/aromatic N) is 6. The molecule has 0 aliphatic carbocycles. The van der Waals surface area contributed by atoms with Crippen LogP contribution in [-0.2, 0) is 0 Å². The zero-order chi connectivity index (χ0) is 41.1. The lowest BCUT2D eigenvalue weighted by Crippen LogP contribution is -2.10. The number of benzene rings is 9. The maximum Gasteiger partial charge on any atom is 0.0992 e. The Bertz CT molecular complexity index is 3750. The van der Waals surface area contributed by atoms with Crippen LogP contribution in [0, 0.1) is 22.7 Å². The Labute approximate surface area is 355 Å². The molecule has 0 bridgehead atoms. The summed E-state index contributed by atoms with van der Waals surface area (Å²) in [7, 11) is 0. The fourth-order valence-corrected chi connectivity index (χ4v) is 10.2. The Kier molecular flexibility index (Phi) is 7.05. The van der Waals surface area contributed by atoms with Crippen LogP contribution in [0.4, 0.5) is 34.1 Å². The molecule has 62 heavy (non-hydrogen) atoms. The van der Waals surface area contributed by atoms with Crippen LogP contribution in [0.1, 0.15) is 11.1 Å². The van der Waals surface area contributed by atoms with E-state index in [0.29, 0.717) is 11.1 Å². The summed E-state index contributed by atoms with van der Waals surface area (Å²) in [5.74, 6) is 0. The van der Waals surface area contributed by atoms with Crippen LogP contribution in [0.5, 0.6) is 0 Å². The average molecular weight is 789 g/mol. The monoisotopic (exact) mass is 788 g/mol. The number of aromatic nitrogens is 2. The molecule has 0 amide bonds. The second-order valence-electron chi connectivity index (χ2n) is 16.0. The third-order valence-electron chi connectivity index (χ3n) is 12.7. The van der Waals surface area contributed by atoms with Crippen LogP contribution < -0.4 is 9.80 Å². The molecule has 0 atom stereocenters. The highest BCUT2D eigenvalue weighted by Gasteiger charge is 2.24. The van der Waals surface area contributed by atoms with Crippen molar-refractivity contribution in [3.8, 4) is 12.1 Å². The predicted molar refractivity (Wildman–Crippen MR) is 255 cm³/mol. The van der Waals surface area contributed by atoms with Gasteiger partial charge < -0.3 is 18.6 Å². The molecule has 0 unspecified atom stereocenters. The van der Waals surface area contributed by atoms with Gasteiger partial charge in [-0.2, -0.15) is 10.5 Å². The molecule has 0 radical (unpaired) electrons. The first-order valence-electron chi connectivity index (χ1n) is 20.7. The minimum atomic E-state index is 0.618. The van der Waals surface area contributed by atoms with Crippen molar-refractivity contribution in [2.45, 2.75) is 0 Å². The standard InChI is InChI=1S/C56H32N6/c57-33-35-11-7-17-39(27-35)59(37-13-3-1-4-14-37)41-23-25-43-45-19-9-21-47-49-32-54-50(31-53(49)61(55(45)47)51(43)29-41)48-22-10-20-46-44-26-24-42(30-52(44)62(54)56(46)48)60(38-15-5-2-6-16-38)40-18-8-12-36(28-40)34-58/h1-32H. The Morgan fingerprint density at radius 2 is 0.645 bits per heavy atom. The number of rotatable bonds is 6. The molecule has 0 fully saturated rings. The fraction of sp³-hybridized carbons (Fsp3) is 0. The lowest BCUT2D eigenvalue weighted by atomic mass is 10.0. The fourth-order valence-electron chi connectivity index (χ4n) is 10.2. The van der Waals surface area contributed by atoms with Crippen molar-refractivity contribution in [1.82, 2.24) is 8.80 Å². The van der Waals surface area contributed by atoms with E-state index in [1.807, 2.05) is 48.5 Å². The average Bonchev–Trinajstić information content (AvgIpc) is 4.05. The van der Waals surface area contributed by atoms with Crippen molar-refractivity contribution < 1.29 is 0 Å². The van der Waals surface area contributed by atoms with Gasteiger partial charge in [-0.15, -0.1) is 0 Å². The third-order valence-corrected chi connectivity index (χ3v) is 12.7. The van der Waals surface area contributed by atoms with Gasteiger partial charge in [-0.05, 0) is 97.1 Å². The molecule has 286 valence electrons. The lowest BCUT2D eigenvalue weighted by Gasteiger charge is -2.25. The van der Waals surface area contributed by atoms with Gasteiger partial charge in [-0.1, -0.05) is 97.1 Å². The van der Waals surface area contributed by atoms with Crippen LogP contribution in [-0.4, -0.2) is 8.80 Å². The van der Waals surface area contributed by atoms with E-state index in [9.17, 15) is 10.5 Å². The molecular weight excluding hydrogens is 757 g/mol. The zero-order valence-electron chi connectivity index (χ0n) is 33.2. The van der Waals surface area contributed by atoms with E-state index >= 15 is 0 Å². The summed E-state index contributed by atoms with van der Waals surface area (Å²) in [5, 5.41) is 29.4. The van der Waals surface area contributed by atoms with Crippen molar-refractivity contribution in [3.05, 3.63) is 205 Å². The lowest BCUT2D eigenvalue weighted by molar-refractivity contribution is 1.27. The summed E-state index contributed by atoms with van der Waals surface area (Å²) in [4.78, 5) is 4.47. The van der Waals surface area contributed by atoms with Gasteiger partial charge in [-0.25, -0.2) is 0 Å². The largest absolute Gasteiger partial charge is 0.310 e. The number of nitriles is 2. The molecular formula is C56H32N6. The van der Waals surface area contributed by atoms with Gasteiger partial charge in [0.05, 0.1) is 56.4 Å². The molecule has 6 heteroatoms. The van der Waals surface area contributed by atoms with E-state index < -0.39 is 0 Å². The number of anilines is 6. The minimum Gasteiger partial charge on any atom is -0.310 e. The first-order valence-corrected chi connectivity index (χ1v) is 20.7. The van der Waals surface area contributed by atoms with E-state index in [1.54, 1.807) is 0 Å². The summed E-state index contributed by atoms with van der Waals surface area (Å²) in [5.41, 5.74) is 14.2. The second-order valence-corrected chi connectivity index (χ2v) is 16.0. The first kappa shape index (κ1) is 34.1. The maximum absolute atomic E-state index is 9.84. The van der Waals surface area contributed by atoms with Crippen LogP contribution in [0.2, 0.25) is 0 Å². The van der Waals surface area contributed by atoms with Gasteiger partial charge in [0.25, 0.3) is 0 Å². The van der Waals surface area contributed by atoms with Gasteiger partial charge in [-0.3, -0.25) is 0 Å². The number of fused-ring (bicyclic) bond motifs is 12. The number of hydrogen-bond acceptors (Lipinski definition) is 4. The minimum absolute atomic E-state index is 0.618. The van der Waals surface area contributed by atoms with Gasteiger partial charge in [0, 0.05) is 77.2 Å². The van der Waals surface area contributed by atoms with Crippen molar-refractivity contribution in [2.75, 3.05) is 9.80 Å². The molecule has 6 nitrogen and oxygen atoms in total. The van der Waals surface area contributed by atoms with Crippen molar-refractivity contribution in [3.63, 3.8) is 0 Å². The number of hydrogen-bond donors (Lipinski definition) is 0. The predicted octanol–water partition coefficient (Wildman–Crippen LogP) is 14.7. The maximum atomic E-state index is 9.84. The topological polar surface area (TPSA) is 62.9 Å². The highest BCUT2D eigenvalue weighted by atomic mass is 15.1. The highest BCUT2D eigenvalue weighted by molar-refractivity contribution is 6.29. The first-order chi connectivity index (χ1) is 30.7. The summed E-state index contributed by atoms with van der Waals surface area (Å²) in [6.45, 7) is 0. The van der Waals surface area contributed by atoms with Crippen LogP contribution in [0.25, 0.3) is 76.2 Å². The van der Waals surface area contributed by atoms with Crippen LogP contribution in [0.15, 0.2) is 194 Å². The quantitative estimate of drug-likeness (QED) is 0.168. The third kappa shape index (κ3) is 4.72. The van der Waals surface area contributed by atoms with Crippen LogP contribution in [0.3, 0.4) is 0 Å². The van der Waals surface area contributed by atoms with Gasteiger partial charge in [0.15, 0.2) is 0 Å². The smallest absolute Gasteiger partial charge is 0.0992 e. The molecule has 0 spiro atoms. The normalized spacial score (nSPS) is 11.8. The van der Waals surface area contributed by atoms with Gasteiger partial charge in [0.1, 0.15) is 0 Å². The molecule has 4 aromatic heterocycles. The second kappa shape index (κ2) is 12.8. The molecule has 9 aromatic carbocycles. The molecule has 13 aromatic rings. The van der Waals surface area contributed by atoms with E-state index in [-0.39, 0.29) is 0 Å². The van der Waals surface area contributed by atoms with Gasteiger partial charge in [0.2, 0.25) is 0 Å². The summed E-state index contributed by atoms with van der Waals surface area (Å²) in [6, 6.07) is 72.7. The number of para-hydroxylation sites is 4.